The number of anilines is 2. The van der Waals surface area contributed by atoms with E-state index >= 15 is 0 Å². The predicted molar refractivity (Wildman–Crippen MR) is 149 cm³/mol. The van der Waals surface area contributed by atoms with Gasteiger partial charge in [0.1, 0.15) is 17.8 Å². The van der Waals surface area contributed by atoms with Crippen LogP contribution in [0, 0.1) is 17.2 Å². The molecule has 6 rings (SSSR count). The minimum atomic E-state index is -0.324. The summed E-state index contributed by atoms with van der Waals surface area (Å²) in [6.45, 7) is 5.85. The molecule has 0 unspecified atom stereocenters. The minimum absolute atomic E-state index is 0.149. The fourth-order valence-electron chi connectivity index (χ4n) is 6.35. The highest BCUT2D eigenvalue weighted by Crippen LogP contribution is 2.53. The maximum absolute atomic E-state index is 13.6. The molecule has 0 spiro atoms. The number of benzene rings is 1. The van der Waals surface area contributed by atoms with Gasteiger partial charge >= 0.3 is 0 Å². The Morgan fingerprint density at radius 1 is 1.26 bits per heavy atom. The largest absolute Gasteiger partial charge is 0.382 e. The van der Waals surface area contributed by atoms with Crippen molar-refractivity contribution in [1.29, 1.82) is 5.26 Å². The van der Waals surface area contributed by atoms with Crippen LogP contribution >= 0.6 is 0 Å². The Hall–Kier alpha value is -3.77. The highest BCUT2D eigenvalue weighted by atomic mass is 16.1. The van der Waals surface area contributed by atoms with Crippen LogP contribution in [0.3, 0.4) is 0 Å². The Balaban J connectivity index is 1.27. The van der Waals surface area contributed by atoms with Crippen LogP contribution in [-0.4, -0.2) is 38.2 Å². The van der Waals surface area contributed by atoms with Crippen molar-refractivity contribution >= 4 is 17.3 Å². The molecule has 3 N–H and O–H groups in total. The SMILES string of the molecule is Cn1cnnc1C1(c2cccc(NC(=O)c3cc(CNC4CCC4)c4c(n3)C(C)(C)CN4)c2)CC(CC#N)C1. The summed E-state index contributed by atoms with van der Waals surface area (Å²) in [6, 6.07) is 12.8. The zero-order valence-corrected chi connectivity index (χ0v) is 22.9. The molecule has 202 valence electrons. The number of aromatic nitrogens is 4. The fourth-order valence-corrected chi connectivity index (χ4v) is 6.35. The average Bonchev–Trinajstić information content (AvgIpc) is 3.42. The van der Waals surface area contributed by atoms with Crippen molar-refractivity contribution in [3.05, 3.63) is 65.0 Å². The van der Waals surface area contributed by atoms with Crippen molar-refractivity contribution in [1.82, 2.24) is 25.1 Å². The van der Waals surface area contributed by atoms with Gasteiger partial charge < -0.3 is 20.5 Å². The first-order valence-electron chi connectivity index (χ1n) is 13.9. The second kappa shape index (κ2) is 9.76. The molecule has 0 bridgehead atoms. The minimum Gasteiger partial charge on any atom is -0.382 e. The first-order chi connectivity index (χ1) is 18.8. The molecule has 3 aliphatic rings. The summed E-state index contributed by atoms with van der Waals surface area (Å²) >= 11 is 0. The highest BCUT2D eigenvalue weighted by Gasteiger charge is 2.49. The lowest BCUT2D eigenvalue weighted by Gasteiger charge is -2.46. The van der Waals surface area contributed by atoms with Gasteiger partial charge in [0.15, 0.2) is 0 Å². The molecule has 2 aliphatic carbocycles. The zero-order valence-electron chi connectivity index (χ0n) is 22.9. The van der Waals surface area contributed by atoms with E-state index in [2.05, 4.69) is 52.1 Å². The lowest BCUT2D eigenvalue weighted by atomic mass is 9.57. The van der Waals surface area contributed by atoms with Crippen molar-refractivity contribution in [2.24, 2.45) is 13.0 Å². The van der Waals surface area contributed by atoms with Crippen molar-refractivity contribution in [2.75, 3.05) is 17.2 Å². The van der Waals surface area contributed by atoms with Gasteiger partial charge in [0.05, 0.1) is 22.9 Å². The average molecular weight is 525 g/mol. The predicted octanol–water partition coefficient (Wildman–Crippen LogP) is 4.42. The Kier molecular flexibility index (Phi) is 6.38. The number of rotatable bonds is 8. The molecule has 2 saturated carbocycles. The van der Waals surface area contributed by atoms with Crippen LogP contribution in [0.15, 0.2) is 36.7 Å². The standard InChI is InChI=1S/C30H36N8O/c1-29(2)17-33-25-20(16-32-22-7-5-8-22)12-24(36-26(25)29)27(39)35-23-9-4-6-21(13-23)30(14-19(15-30)10-11-31)28-37-34-18-38(28)3/h4,6,9,12-13,18-19,22,32-33H,5,7-8,10,14-17H2,1-3H3,(H,35,39). The number of nitrogens with zero attached hydrogens (tertiary/aromatic N) is 5. The summed E-state index contributed by atoms with van der Waals surface area (Å²) in [5, 5.41) is 28.1. The van der Waals surface area contributed by atoms with Gasteiger partial charge in [0.25, 0.3) is 5.91 Å². The molecule has 2 fully saturated rings. The summed E-state index contributed by atoms with van der Waals surface area (Å²) < 4.78 is 1.96. The maximum atomic E-state index is 13.6. The van der Waals surface area contributed by atoms with Crippen molar-refractivity contribution in [2.45, 2.75) is 75.8 Å². The van der Waals surface area contributed by atoms with E-state index < -0.39 is 0 Å². The second-order valence-electron chi connectivity index (χ2n) is 12.2. The van der Waals surface area contributed by atoms with E-state index in [1.807, 2.05) is 35.9 Å². The van der Waals surface area contributed by atoms with E-state index in [9.17, 15) is 10.1 Å². The third kappa shape index (κ3) is 4.57. The summed E-state index contributed by atoms with van der Waals surface area (Å²) in [6.07, 6.45) is 7.61. The topological polar surface area (TPSA) is 121 Å². The number of carbonyl (C=O) groups is 1. The van der Waals surface area contributed by atoms with Gasteiger partial charge in [-0.25, -0.2) is 4.98 Å². The molecule has 0 saturated heterocycles. The Morgan fingerprint density at radius 2 is 2.08 bits per heavy atom. The molecule has 0 radical (unpaired) electrons. The molecule has 2 aromatic heterocycles. The Morgan fingerprint density at radius 3 is 2.77 bits per heavy atom. The van der Waals surface area contributed by atoms with E-state index in [4.69, 9.17) is 4.98 Å². The number of aryl methyl sites for hydroxylation is 1. The van der Waals surface area contributed by atoms with Crippen molar-refractivity contribution < 1.29 is 4.79 Å². The number of fused-ring (bicyclic) bond motifs is 1. The number of hydrogen-bond donors (Lipinski definition) is 3. The molecule has 0 atom stereocenters. The van der Waals surface area contributed by atoms with Crippen LogP contribution in [0.4, 0.5) is 11.4 Å². The third-order valence-electron chi connectivity index (χ3n) is 8.83. The summed E-state index contributed by atoms with van der Waals surface area (Å²) in [5.41, 5.74) is 4.86. The number of nitrogens with one attached hydrogen (secondary N) is 3. The van der Waals surface area contributed by atoms with Crippen LogP contribution in [-0.2, 0) is 24.4 Å². The third-order valence-corrected chi connectivity index (χ3v) is 8.83. The van der Waals surface area contributed by atoms with Crippen molar-refractivity contribution in [3.8, 4) is 6.07 Å². The maximum Gasteiger partial charge on any atom is 0.274 e. The van der Waals surface area contributed by atoms with Gasteiger partial charge in [0, 0.05) is 43.7 Å². The number of nitriles is 1. The summed E-state index contributed by atoms with van der Waals surface area (Å²) in [4.78, 5) is 18.4. The molecule has 9 nitrogen and oxygen atoms in total. The smallest absolute Gasteiger partial charge is 0.274 e. The highest BCUT2D eigenvalue weighted by molar-refractivity contribution is 6.03. The molecule has 3 aromatic rings. The molecular weight excluding hydrogens is 488 g/mol. The lowest BCUT2D eigenvalue weighted by Crippen LogP contribution is -2.44. The number of carbonyl (C=O) groups excluding carboxylic acids is 1. The van der Waals surface area contributed by atoms with E-state index in [0.717, 1.165) is 60.0 Å². The zero-order chi connectivity index (χ0) is 27.2. The first-order valence-corrected chi connectivity index (χ1v) is 13.9. The quantitative estimate of drug-likeness (QED) is 0.399. The number of pyridine rings is 1. The molecule has 1 aromatic carbocycles. The van der Waals surface area contributed by atoms with Gasteiger partial charge in [-0.15, -0.1) is 10.2 Å². The fraction of sp³-hybridized carbons (Fsp3) is 0.500. The van der Waals surface area contributed by atoms with Crippen LogP contribution in [0.25, 0.3) is 0 Å². The van der Waals surface area contributed by atoms with Gasteiger partial charge in [-0.05, 0) is 60.9 Å². The lowest BCUT2D eigenvalue weighted by molar-refractivity contribution is 0.102. The Labute approximate surface area is 229 Å². The Bertz CT molecular complexity index is 1440. The molecule has 1 aliphatic heterocycles. The molecule has 1 amide bonds. The second-order valence-corrected chi connectivity index (χ2v) is 12.2. The van der Waals surface area contributed by atoms with E-state index in [-0.39, 0.29) is 16.7 Å². The molecule has 3 heterocycles. The van der Waals surface area contributed by atoms with E-state index in [1.165, 1.54) is 19.3 Å². The van der Waals surface area contributed by atoms with Crippen LogP contribution < -0.4 is 16.0 Å². The first kappa shape index (κ1) is 25.5. The molecular formula is C30H36N8O. The summed E-state index contributed by atoms with van der Waals surface area (Å²) in [7, 11) is 1.95. The number of hydrogen-bond acceptors (Lipinski definition) is 7. The van der Waals surface area contributed by atoms with Crippen molar-refractivity contribution in [3.63, 3.8) is 0 Å². The normalized spacial score (nSPS) is 23.2. The summed E-state index contributed by atoms with van der Waals surface area (Å²) in [5.74, 6) is 0.995. The van der Waals surface area contributed by atoms with Gasteiger partial charge in [0.2, 0.25) is 0 Å². The van der Waals surface area contributed by atoms with Crippen LogP contribution in [0.1, 0.15) is 85.5 Å². The molecule has 9 heteroatoms. The molecule has 39 heavy (non-hydrogen) atoms. The van der Waals surface area contributed by atoms with E-state index in [0.29, 0.717) is 24.1 Å². The number of amides is 1. The van der Waals surface area contributed by atoms with E-state index in [1.54, 1.807) is 6.33 Å². The van der Waals surface area contributed by atoms with Crippen LogP contribution in [0.5, 0.6) is 0 Å². The van der Waals surface area contributed by atoms with Crippen LogP contribution in [0.2, 0.25) is 0 Å². The monoisotopic (exact) mass is 524 g/mol. The van der Waals surface area contributed by atoms with Gasteiger partial charge in [-0.2, -0.15) is 5.26 Å². The van der Waals surface area contributed by atoms with Gasteiger partial charge in [-0.1, -0.05) is 32.4 Å². The van der Waals surface area contributed by atoms with Gasteiger partial charge in [-0.3, -0.25) is 4.79 Å².